The van der Waals surface area contributed by atoms with E-state index in [1.807, 2.05) is 0 Å². The summed E-state index contributed by atoms with van der Waals surface area (Å²) in [4.78, 5) is 0.396. The number of nitrogens with two attached hydrogens (primary N) is 1. The van der Waals surface area contributed by atoms with Crippen LogP contribution in [0.15, 0.2) is 29.3 Å². The van der Waals surface area contributed by atoms with E-state index in [0.717, 1.165) is 11.5 Å². The third kappa shape index (κ3) is 3.06. The van der Waals surface area contributed by atoms with Gasteiger partial charge in [-0.15, -0.1) is 5.10 Å². The summed E-state index contributed by atoms with van der Waals surface area (Å²) < 4.78 is 30.4. The topological polar surface area (TPSA) is 98.0 Å². The van der Waals surface area contributed by atoms with Crippen molar-refractivity contribution < 1.29 is 8.42 Å². The first-order valence-corrected chi connectivity index (χ1v) is 7.77. The number of hydrogen-bond donors (Lipinski definition) is 2. The Morgan fingerprint density at radius 3 is 2.74 bits per heavy atom. The van der Waals surface area contributed by atoms with Gasteiger partial charge in [-0.2, -0.15) is 0 Å². The van der Waals surface area contributed by atoms with E-state index in [2.05, 4.69) is 14.3 Å². The summed E-state index contributed by atoms with van der Waals surface area (Å²) in [5.41, 5.74) is 6.70. The molecule has 0 atom stereocenters. The van der Waals surface area contributed by atoms with Gasteiger partial charge in [-0.3, -0.25) is 4.72 Å². The molecule has 9 heteroatoms. The molecule has 0 aliphatic carbocycles. The van der Waals surface area contributed by atoms with Gasteiger partial charge in [0.1, 0.15) is 9.99 Å². The molecular weight excluding hydrogens is 304 g/mol. The van der Waals surface area contributed by atoms with Crippen molar-refractivity contribution in [3.63, 3.8) is 0 Å². The highest BCUT2D eigenvalue weighted by atomic mass is 32.2. The zero-order valence-corrected chi connectivity index (χ0v) is 12.3. The molecule has 2 aromatic rings. The molecule has 0 aliphatic rings. The molecule has 2 rings (SSSR count). The lowest BCUT2D eigenvalue weighted by Gasteiger charge is -2.09. The fraction of sp³-hybridized carbons (Fsp3) is 0.100. The van der Waals surface area contributed by atoms with Gasteiger partial charge in [0.25, 0.3) is 10.0 Å². The standard InChI is InChI=1S/C10H10N4O2S3/c1-6-4-7(10(11)17)2-3-8(6)19(15,16)13-9-5-12-14-18-9/h2-5,13H,1H3,(H2,11,17). The Labute approximate surface area is 119 Å². The maximum Gasteiger partial charge on any atom is 0.262 e. The van der Waals surface area contributed by atoms with Crippen LogP contribution in [0.2, 0.25) is 0 Å². The second kappa shape index (κ2) is 5.19. The van der Waals surface area contributed by atoms with E-state index < -0.39 is 10.0 Å². The van der Waals surface area contributed by atoms with Crippen LogP contribution in [0.25, 0.3) is 0 Å². The van der Waals surface area contributed by atoms with Crippen molar-refractivity contribution in [2.75, 3.05) is 4.72 Å². The average molecular weight is 314 g/mol. The zero-order valence-electron chi connectivity index (χ0n) is 9.82. The molecular formula is C10H10N4O2S3. The summed E-state index contributed by atoms with van der Waals surface area (Å²) >= 11 is 5.82. The molecule has 100 valence electrons. The summed E-state index contributed by atoms with van der Waals surface area (Å²) in [6, 6.07) is 4.69. The summed E-state index contributed by atoms with van der Waals surface area (Å²) in [5, 5.41) is 3.93. The molecule has 1 aromatic carbocycles. The van der Waals surface area contributed by atoms with E-state index in [1.54, 1.807) is 19.1 Å². The van der Waals surface area contributed by atoms with E-state index in [0.29, 0.717) is 16.1 Å². The second-order valence-corrected chi connectivity index (χ2v) is 6.61. The number of aromatic nitrogens is 2. The molecule has 1 heterocycles. The Balaban J connectivity index is 2.38. The van der Waals surface area contributed by atoms with Gasteiger partial charge in [0.05, 0.1) is 11.1 Å². The van der Waals surface area contributed by atoms with Crippen molar-refractivity contribution in [1.29, 1.82) is 0 Å². The fourth-order valence-electron chi connectivity index (χ4n) is 1.50. The van der Waals surface area contributed by atoms with Crippen molar-refractivity contribution in [1.82, 2.24) is 9.59 Å². The summed E-state index contributed by atoms with van der Waals surface area (Å²) in [5.74, 6) is 0. The maximum absolute atomic E-state index is 12.2. The minimum absolute atomic E-state index is 0.168. The highest BCUT2D eigenvalue weighted by Gasteiger charge is 2.18. The number of nitrogens with zero attached hydrogens (tertiary/aromatic N) is 2. The van der Waals surface area contributed by atoms with Crippen LogP contribution in [-0.4, -0.2) is 23.0 Å². The molecule has 19 heavy (non-hydrogen) atoms. The monoisotopic (exact) mass is 314 g/mol. The first kappa shape index (κ1) is 13.8. The molecule has 0 bridgehead atoms. The fourth-order valence-corrected chi connectivity index (χ4v) is 3.54. The Hall–Kier alpha value is -1.58. The van der Waals surface area contributed by atoms with Gasteiger partial charge < -0.3 is 5.73 Å². The van der Waals surface area contributed by atoms with Crippen molar-refractivity contribution in [3.05, 3.63) is 35.5 Å². The minimum atomic E-state index is -3.66. The van der Waals surface area contributed by atoms with E-state index in [4.69, 9.17) is 18.0 Å². The zero-order chi connectivity index (χ0) is 14.0. The number of thiocarbonyl (C=S) groups is 1. The lowest BCUT2D eigenvalue weighted by Crippen LogP contribution is -2.15. The lowest BCUT2D eigenvalue weighted by atomic mass is 10.1. The quantitative estimate of drug-likeness (QED) is 0.825. The van der Waals surface area contributed by atoms with Crippen molar-refractivity contribution >= 4 is 43.8 Å². The van der Waals surface area contributed by atoms with Crippen LogP contribution < -0.4 is 10.5 Å². The number of nitrogens with one attached hydrogen (secondary N) is 1. The molecule has 0 fully saturated rings. The predicted molar refractivity (Wildman–Crippen MR) is 77.8 cm³/mol. The number of hydrogen-bond acceptors (Lipinski definition) is 6. The number of benzene rings is 1. The van der Waals surface area contributed by atoms with Gasteiger partial charge in [-0.05, 0) is 24.6 Å². The highest BCUT2D eigenvalue weighted by molar-refractivity contribution is 7.93. The van der Waals surface area contributed by atoms with Gasteiger partial charge in [0, 0.05) is 17.1 Å². The number of sulfonamides is 1. The number of anilines is 1. The Morgan fingerprint density at radius 1 is 1.47 bits per heavy atom. The molecule has 3 N–H and O–H groups in total. The minimum Gasteiger partial charge on any atom is -0.389 e. The third-order valence-corrected chi connectivity index (χ3v) is 4.82. The first-order valence-electron chi connectivity index (χ1n) is 5.11. The Kier molecular flexibility index (Phi) is 3.78. The van der Waals surface area contributed by atoms with Gasteiger partial charge in [-0.1, -0.05) is 22.8 Å². The first-order chi connectivity index (χ1) is 8.90. The highest BCUT2D eigenvalue weighted by Crippen LogP contribution is 2.21. The van der Waals surface area contributed by atoms with Crippen molar-refractivity contribution in [3.8, 4) is 0 Å². The van der Waals surface area contributed by atoms with Crippen LogP contribution in [0.3, 0.4) is 0 Å². The van der Waals surface area contributed by atoms with E-state index in [9.17, 15) is 8.42 Å². The number of rotatable bonds is 4. The Morgan fingerprint density at radius 2 is 2.21 bits per heavy atom. The molecule has 0 saturated carbocycles. The summed E-state index contributed by atoms with van der Waals surface area (Å²) in [7, 11) is -3.66. The van der Waals surface area contributed by atoms with Crippen LogP contribution >= 0.6 is 23.8 Å². The smallest absolute Gasteiger partial charge is 0.262 e. The Bertz CT molecular complexity index is 710. The third-order valence-electron chi connectivity index (χ3n) is 2.35. The normalized spacial score (nSPS) is 11.2. The van der Waals surface area contributed by atoms with Crippen molar-refractivity contribution in [2.24, 2.45) is 5.73 Å². The van der Waals surface area contributed by atoms with E-state index in [-0.39, 0.29) is 9.88 Å². The summed E-state index contributed by atoms with van der Waals surface area (Å²) in [6.45, 7) is 1.68. The molecule has 0 saturated heterocycles. The van der Waals surface area contributed by atoms with Gasteiger partial charge in [0.2, 0.25) is 0 Å². The molecule has 0 aliphatic heterocycles. The molecule has 0 unspecified atom stereocenters. The van der Waals surface area contributed by atoms with Crippen LogP contribution in [-0.2, 0) is 10.0 Å². The van der Waals surface area contributed by atoms with Crippen LogP contribution in [0, 0.1) is 6.92 Å². The molecule has 0 amide bonds. The molecule has 0 spiro atoms. The SMILES string of the molecule is Cc1cc(C(N)=S)ccc1S(=O)(=O)Nc1cnns1. The van der Waals surface area contributed by atoms with Gasteiger partial charge >= 0.3 is 0 Å². The van der Waals surface area contributed by atoms with Crippen LogP contribution in [0.4, 0.5) is 5.00 Å². The second-order valence-electron chi connectivity index (χ2n) is 3.73. The van der Waals surface area contributed by atoms with Crippen LogP contribution in [0.1, 0.15) is 11.1 Å². The van der Waals surface area contributed by atoms with Crippen molar-refractivity contribution in [2.45, 2.75) is 11.8 Å². The van der Waals surface area contributed by atoms with Gasteiger partial charge in [0.15, 0.2) is 0 Å². The number of aryl methyl sites for hydroxylation is 1. The van der Waals surface area contributed by atoms with E-state index in [1.165, 1.54) is 12.3 Å². The maximum atomic E-state index is 12.2. The van der Waals surface area contributed by atoms with Gasteiger partial charge in [-0.25, -0.2) is 8.42 Å². The lowest BCUT2D eigenvalue weighted by molar-refractivity contribution is 0.600. The van der Waals surface area contributed by atoms with E-state index >= 15 is 0 Å². The molecule has 0 radical (unpaired) electrons. The molecule has 6 nitrogen and oxygen atoms in total. The summed E-state index contributed by atoms with van der Waals surface area (Å²) in [6.07, 6.45) is 1.35. The largest absolute Gasteiger partial charge is 0.389 e. The van der Waals surface area contributed by atoms with Crippen LogP contribution in [0.5, 0.6) is 0 Å². The molecule has 1 aromatic heterocycles. The average Bonchev–Trinajstić information content (AvgIpc) is 2.80. The predicted octanol–water partition coefficient (Wildman–Crippen LogP) is 1.28.